The van der Waals surface area contributed by atoms with E-state index in [-0.39, 0.29) is 28.4 Å². The fraction of sp³-hybridized carbons (Fsp3) is 0.154. The van der Waals surface area contributed by atoms with E-state index in [2.05, 4.69) is 4.98 Å². The molecule has 6 nitrogen and oxygen atoms in total. The molecular weight excluding hydrogens is 282 g/mol. The van der Waals surface area contributed by atoms with Crippen molar-refractivity contribution in [2.45, 2.75) is 13.0 Å². The number of aromatic nitrogens is 1. The van der Waals surface area contributed by atoms with E-state index in [0.29, 0.717) is 0 Å². The summed E-state index contributed by atoms with van der Waals surface area (Å²) >= 11 is 5.73. The van der Waals surface area contributed by atoms with Gasteiger partial charge in [-0.25, -0.2) is 4.98 Å². The topological polar surface area (TPSA) is 91.3 Å². The van der Waals surface area contributed by atoms with Gasteiger partial charge in [-0.2, -0.15) is 0 Å². The van der Waals surface area contributed by atoms with Crippen LogP contribution < -0.4 is 10.5 Å². The summed E-state index contributed by atoms with van der Waals surface area (Å²) < 4.78 is 5.41. The van der Waals surface area contributed by atoms with Gasteiger partial charge < -0.3 is 10.5 Å². The van der Waals surface area contributed by atoms with Crippen LogP contribution in [0.3, 0.4) is 0 Å². The fourth-order valence-electron chi connectivity index (χ4n) is 1.55. The van der Waals surface area contributed by atoms with Crippen molar-refractivity contribution >= 4 is 17.3 Å². The lowest BCUT2D eigenvalue weighted by Crippen LogP contribution is -2.05. The normalized spacial score (nSPS) is 11.9. The number of nitrogens with zero attached hydrogens (tertiary/aromatic N) is 2. The molecule has 0 spiro atoms. The molecule has 0 aliphatic heterocycles. The third-order valence-electron chi connectivity index (χ3n) is 2.62. The van der Waals surface area contributed by atoms with Gasteiger partial charge in [-0.3, -0.25) is 10.1 Å². The molecule has 2 rings (SSSR count). The maximum Gasteiger partial charge on any atom is 0.313 e. The number of nitro groups is 1. The minimum absolute atomic E-state index is 0.0837. The van der Waals surface area contributed by atoms with Gasteiger partial charge in [-0.15, -0.1) is 0 Å². The molecule has 20 heavy (non-hydrogen) atoms. The molecule has 0 unspecified atom stereocenters. The number of hydrogen-bond acceptors (Lipinski definition) is 5. The third kappa shape index (κ3) is 3.23. The molecule has 0 aliphatic rings. The lowest BCUT2D eigenvalue weighted by molar-refractivity contribution is -0.385. The molecule has 1 atom stereocenters. The van der Waals surface area contributed by atoms with E-state index in [1.165, 1.54) is 18.2 Å². The zero-order valence-electron chi connectivity index (χ0n) is 10.6. The SMILES string of the molecule is C[C@H](N)c1ccc(Oc2ccc(Cl)cc2[N+](=O)[O-])nc1. The Balaban J connectivity index is 2.28. The molecule has 0 aliphatic carbocycles. The van der Waals surface area contributed by atoms with Crippen molar-refractivity contribution in [3.63, 3.8) is 0 Å². The van der Waals surface area contributed by atoms with Gasteiger partial charge in [0.25, 0.3) is 0 Å². The first-order chi connectivity index (χ1) is 9.47. The van der Waals surface area contributed by atoms with Crippen LogP contribution in [0.4, 0.5) is 5.69 Å². The second-order valence-electron chi connectivity index (χ2n) is 4.19. The number of nitro benzene ring substituents is 1. The highest BCUT2D eigenvalue weighted by molar-refractivity contribution is 6.30. The highest BCUT2D eigenvalue weighted by atomic mass is 35.5. The maximum absolute atomic E-state index is 10.9. The van der Waals surface area contributed by atoms with Crippen LogP contribution in [0.1, 0.15) is 18.5 Å². The molecule has 2 N–H and O–H groups in total. The molecule has 0 saturated carbocycles. The van der Waals surface area contributed by atoms with E-state index < -0.39 is 4.92 Å². The Hall–Kier alpha value is -2.18. The van der Waals surface area contributed by atoms with Crippen molar-refractivity contribution in [3.8, 4) is 11.6 Å². The molecule has 0 bridgehead atoms. The number of hydrogen-bond donors (Lipinski definition) is 1. The molecule has 7 heteroatoms. The minimum atomic E-state index is -0.558. The van der Waals surface area contributed by atoms with Crippen molar-refractivity contribution in [1.82, 2.24) is 4.98 Å². The third-order valence-corrected chi connectivity index (χ3v) is 2.85. The van der Waals surface area contributed by atoms with Crippen LogP contribution in [0.2, 0.25) is 5.02 Å². The van der Waals surface area contributed by atoms with Gasteiger partial charge in [0.1, 0.15) is 0 Å². The number of nitrogens with two attached hydrogens (primary N) is 1. The Morgan fingerprint density at radius 2 is 2.15 bits per heavy atom. The second kappa shape index (κ2) is 5.85. The number of pyridine rings is 1. The number of benzene rings is 1. The lowest BCUT2D eigenvalue weighted by Gasteiger charge is -2.08. The maximum atomic E-state index is 10.9. The fourth-order valence-corrected chi connectivity index (χ4v) is 1.72. The Labute approximate surface area is 120 Å². The molecule has 0 fully saturated rings. The van der Waals surface area contributed by atoms with Gasteiger partial charge in [0.15, 0.2) is 0 Å². The summed E-state index contributed by atoms with van der Waals surface area (Å²) in [5.41, 5.74) is 6.35. The van der Waals surface area contributed by atoms with Crippen LogP contribution in [0.15, 0.2) is 36.5 Å². The molecule has 1 aromatic carbocycles. The number of rotatable bonds is 4. The summed E-state index contributed by atoms with van der Waals surface area (Å²) in [6.45, 7) is 1.83. The van der Waals surface area contributed by atoms with Crippen molar-refractivity contribution in [2.75, 3.05) is 0 Å². The molecule has 1 aromatic heterocycles. The number of ether oxygens (including phenoxy) is 1. The smallest absolute Gasteiger partial charge is 0.313 e. The van der Waals surface area contributed by atoms with E-state index in [0.717, 1.165) is 5.56 Å². The van der Waals surface area contributed by atoms with Gasteiger partial charge >= 0.3 is 5.69 Å². The monoisotopic (exact) mass is 293 g/mol. The summed E-state index contributed by atoms with van der Waals surface area (Å²) in [5.74, 6) is 0.334. The van der Waals surface area contributed by atoms with Crippen molar-refractivity contribution in [1.29, 1.82) is 0 Å². The second-order valence-corrected chi connectivity index (χ2v) is 4.63. The molecule has 104 valence electrons. The number of halogens is 1. The Morgan fingerprint density at radius 3 is 2.70 bits per heavy atom. The van der Waals surface area contributed by atoms with Gasteiger partial charge in [0.05, 0.1) is 4.92 Å². The van der Waals surface area contributed by atoms with Crippen LogP contribution in [-0.4, -0.2) is 9.91 Å². The van der Waals surface area contributed by atoms with Gasteiger partial charge in [-0.1, -0.05) is 17.7 Å². The first-order valence-electron chi connectivity index (χ1n) is 5.80. The van der Waals surface area contributed by atoms with E-state index in [1.54, 1.807) is 18.3 Å². The quantitative estimate of drug-likeness (QED) is 0.688. The van der Waals surface area contributed by atoms with Crippen molar-refractivity contribution in [3.05, 3.63) is 57.2 Å². The van der Waals surface area contributed by atoms with Crippen LogP contribution in [-0.2, 0) is 0 Å². The Kier molecular flexibility index (Phi) is 4.16. The van der Waals surface area contributed by atoms with E-state index in [9.17, 15) is 10.1 Å². The molecular formula is C13H12ClN3O3. The molecule has 0 radical (unpaired) electrons. The summed E-state index contributed by atoms with van der Waals surface area (Å²) in [4.78, 5) is 14.4. The molecule has 0 saturated heterocycles. The first kappa shape index (κ1) is 14.2. The highest BCUT2D eigenvalue weighted by Crippen LogP contribution is 2.32. The van der Waals surface area contributed by atoms with Gasteiger partial charge in [0.2, 0.25) is 11.6 Å². The van der Waals surface area contributed by atoms with E-state index >= 15 is 0 Å². The molecule has 1 heterocycles. The van der Waals surface area contributed by atoms with E-state index in [4.69, 9.17) is 22.1 Å². The van der Waals surface area contributed by atoms with Gasteiger partial charge in [-0.05, 0) is 24.6 Å². The Bertz CT molecular complexity index is 629. The highest BCUT2D eigenvalue weighted by Gasteiger charge is 2.16. The van der Waals surface area contributed by atoms with Crippen LogP contribution >= 0.6 is 11.6 Å². The molecule has 2 aromatic rings. The summed E-state index contributed by atoms with van der Waals surface area (Å²) in [6.07, 6.45) is 1.57. The van der Waals surface area contributed by atoms with Gasteiger partial charge in [0, 0.05) is 29.4 Å². The first-order valence-corrected chi connectivity index (χ1v) is 6.18. The predicted octanol–water partition coefficient (Wildman–Crippen LogP) is 3.46. The van der Waals surface area contributed by atoms with Crippen molar-refractivity contribution in [2.24, 2.45) is 5.73 Å². The van der Waals surface area contributed by atoms with Crippen molar-refractivity contribution < 1.29 is 9.66 Å². The minimum Gasteiger partial charge on any atom is -0.432 e. The molecule has 0 amide bonds. The standard InChI is InChI=1S/C13H12ClN3O3/c1-8(15)9-2-5-13(16-7-9)20-12-4-3-10(14)6-11(12)17(18)19/h2-8H,15H2,1H3/t8-/m0/s1. The van der Waals surface area contributed by atoms with Crippen LogP contribution in [0, 0.1) is 10.1 Å². The predicted molar refractivity (Wildman–Crippen MR) is 75.0 cm³/mol. The van der Waals surface area contributed by atoms with Crippen LogP contribution in [0.5, 0.6) is 11.6 Å². The average molecular weight is 294 g/mol. The largest absolute Gasteiger partial charge is 0.432 e. The zero-order chi connectivity index (χ0) is 14.7. The zero-order valence-corrected chi connectivity index (χ0v) is 11.4. The summed E-state index contributed by atoms with van der Waals surface area (Å²) in [5, 5.41) is 11.2. The lowest BCUT2D eigenvalue weighted by atomic mass is 10.2. The van der Waals surface area contributed by atoms with Crippen LogP contribution in [0.25, 0.3) is 0 Å². The van der Waals surface area contributed by atoms with E-state index in [1.807, 2.05) is 6.92 Å². The Morgan fingerprint density at radius 1 is 1.40 bits per heavy atom. The average Bonchev–Trinajstić information content (AvgIpc) is 2.41. The summed E-state index contributed by atoms with van der Waals surface area (Å²) in [6, 6.07) is 7.40. The summed E-state index contributed by atoms with van der Waals surface area (Å²) in [7, 11) is 0.